The Morgan fingerprint density at radius 3 is 2.75 bits per heavy atom. The van der Waals surface area contributed by atoms with Gasteiger partial charge in [0, 0.05) is 4.90 Å². The first-order valence-corrected chi connectivity index (χ1v) is 6.46. The van der Waals surface area contributed by atoms with E-state index in [-0.39, 0.29) is 6.61 Å². The van der Waals surface area contributed by atoms with Crippen molar-refractivity contribution in [3.05, 3.63) is 35.2 Å². The Hall–Kier alpha value is -0.910. The summed E-state index contributed by atoms with van der Waals surface area (Å²) < 4.78 is 5.09. The normalized spacial score (nSPS) is 10.7. The number of aliphatic hydroxyl groups is 1. The number of nitrogens with zero attached hydrogens (tertiary/aromatic N) is 2. The molecule has 1 heterocycles. The first-order chi connectivity index (χ1) is 7.69. The number of hydrogen-bond donors (Lipinski definition) is 1. The molecule has 0 aliphatic carbocycles. The highest BCUT2D eigenvalue weighted by molar-refractivity contribution is 8.01. The van der Waals surface area contributed by atoms with Crippen LogP contribution in [0.25, 0.3) is 0 Å². The molecule has 2 aromatic rings. The third-order valence-electron chi connectivity index (χ3n) is 2.20. The van der Waals surface area contributed by atoms with Gasteiger partial charge in [-0.2, -0.15) is 4.37 Å². The highest BCUT2D eigenvalue weighted by Gasteiger charge is 2.04. The lowest BCUT2D eigenvalue weighted by Crippen LogP contribution is -1.88. The van der Waals surface area contributed by atoms with Gasteiger partial charge in [-0.1, -0.05) is 17.8 Å². The standard InChI is InChI=1S/C11H12N2OS2/c1-7-5-10(4-3-9(7)6-14)15-11-12-8(2)13-16-11/h3-5,14H,6H2,1-2H3. The fourth-order valence-corrected chi connectivity index (χ4v) is 3.05. The summed E-state index contributed by atoms with van der Waals surface area (Å²) in [5.74, 6) is 0.816. The van der Waals surface area contributed by atoms with Crippen molar-refractivity contribution < 1.29 is 5.11 Å². The molecule has 2 rings (SSSR count). The van der Waals surface area contributed by atoms with Crippen molar-refractivity contribution in [3.63, 3.8) is 0 Å². The maximum atomic E-state index is 9.08. The van der Waals surface area contributed by atoms with Gasteiger partial charge in [0.05, 0.1) is 6.61 Å². The van der Waals surface area contributed by atoms with Gasteiger partial charge in [0.2, 0.25) is 0 Å². The summed E-state index contributed by atoms with van der Waals surface area (Å²) in [7, 11) is 0. The van der Waals surface area contributed by atoms with E-state index in [0.29, 0.717) is 0 Å². The first-order valence-electron chi connectivity index (χ1n) is 4.87. The smallest absolute Gasteiger partial charge is 0.174 e. The van der Waals surface area contributed by atoms with E-state index in [9.17, 15) is 0 Å². The van der Waals surface area contributed by atoms with Gasteiger partial charge < -0.3 is 5.11 Å². The molecule has 5 heteroatoms. The van der Waals surface area contributed by atoms with Crippen LogP contribution in [-0.4, -0.2) is 14.5 Å². The summed E-state index contributed by atoms with van der Waals surface area (Å²) in [5.41, 5.74) is 2.08. The maximum absolute atomic E-state index is 9.08. The van der Waals surface area contributed by atoms with Gasteiger partial charge in [-0.25, -0.2) is 4.98 Å². The molecule has 3 nitrogen and oxygen atoms in total. The predicted molar refractivity (Wildman–Crippen MR) is 65.9 cm³/mol. The van der Waals surface area contributed by atoms with Gasteiger partial charge in [0.25, 0.3) is 0 Å². The zero-order valence-corrected chi connectivity index (χ0v) is 10.7. The van der Waals surface area contributed by atoms with Crippen molar-refractivity contribution in [2.75, 3.05) is 0 Å². The van der Waals surface area contributed by atoms with Crippen molar-refractivity contribution in [2.45, 2.75) is 29.7 Å². The Bertz CT molecular complexity index is 496. The Morgan fingerprint density at radius 1 is 1.38 bits per heavy atom. The van der Waals surface area contributed by atoms with E-state index in [2.05, 4.69) is 15.4 Å². The highest BCUT2D eigenvalue weighted by atomic mass is 32.2. The summed E-state index contributed by atoms with van der Waals surface area (Å²) in [6.07, 6.45) is 0. The van der Waals surface area contributed by atoms with Crippen LogP contribution in [0.4, 0.5) is 0 Å². The molecule has 0 fully saturated rings. The Kier molecular flexibility index (Phi) is 3.58. The molecule has 0 radical (unpaired) electrons. The molecule has 1 aromatic heterocycles. The van der Waals surface area contributed by atoms with Crippen molar-refractivity contribution in [1.82, 2.24) is 9.36 Å². The molecule has 0 amide bonds. The molecule has 0 aliphatic heterocycles. The van der Waals surface area contributed by atoms with E-state index in [4.69, 9.17) is 5.11 Å². The lowest BCUT2D eigenvalue weighted by molar-refractivity contribution is 0.281. The van der Waals surface area contributed by atoms with Gasteiger partial charge in [-0.05, 0) is 48.6 Å². The minimum absolute atomic E-state index is 0.0920. The molecule has 16 heavy (non-hydrogen) atoms. The minimum Gasteiger partial charge on any atom is -0.392 e. The monoisotopic (exact) mass is 252 g/mol. The fourth-order valence-electron chi connectivity index (χ4n) is 1.33. The third-order valence-corrected chi connectivity index (χ3v) is 4.03. The van der Waals surface area contributed by atoms with Gasteiger partial charge in [0.15, 0.2) is 4.34 Å². The van der Waals surface area contributed by atoms with Crippen molar-refractivity contribution in [3.8, 4) is 0 Å². The van der Waals surface area contributed by atoms with Crippen LogP contribution in [0.3, 0.4) is 0 Å². The van der Waals surface area contributed by atoms with Crippen LogP contribution in [0.1, 0.15) is 17.0 Å². The topological polar surface area (TPSA) is 46.0 Å². The van der Waals surface area contributed by atoms with E-state index in [1.165, 1.54) is 11.5 Å². The molecule has 1 aromatic carbocycles. The summed E-state index contributed by atoms with van der Waals surface area (Å²) in [4.78, 5) is 5.43. The number of aryl methyl sites for hydroxylation is 2. The summed E-state index contributed by atoms with van der Waals surface area (Å²) in [6.45, 7) is 3.98. The first kappa shape index (κ1) is 11.6. The van der Waals surface area contributed by atoms with E-state index in [1.807, 2.05) is 26.0 Å². The SMILES string of the molecule is Cc1nsc(Sc2ccc(CO)c(C)c2)n1. The zero-order chi connectivity index (χ0) is 11.5. The maximum Gasteiger partial charge on any atom is 0.174 e. The number of rotatable bonds is 3. The van der Waals surface area contributed by atoms with Crippen LogP contribution >= 0.6 is 23.3 Å². The average Bonchev–Trinajstić information content (AvgIpc) is 2.64. The molecule has 0 atom stereocenters. The molecule has 0 unspecified atom stereocenters. The molecule has 0 bridgehead atoms. The fraction of sp³-hybridized carbons (Fsp3) is 0.273. The van der Waals surface area contributed by atoms with Crippen LogP contribution < -0.4 is 0 Å². The number of benzene rings is 1. The van der Waals surface area contributed by atoms with Crippen molar-refractivity contribution >= 4 is 23.3 Å². The van der Waals surface area contributed by atoms with Gasteiger partial charge in [-0.15, -0.1) is 0 Å². The van der Waals surface area contributed by atoms with E-state index in [0.717, 1.165) is 26.2 Å². The molecule has 0 aliphatic rings. The number of aromatic nitrogens is 2. The summed E-state index contributed by atoms with van der Waals surface area (Å²) >= 11 is 3.02. The minimum atomic E-state index is 0.0920. The predicted octanol–water partition coefficient (Wildman–Crippen LogP) is 2.80. The second-order valence-electron chi connectivity index (χ2n) is 3.46. The molecular weight excluding hydrogens is 240 g/mol. The van der Waals surface area contributed by atoms with Crippen molar-refractivity contribution in [1.29, 1.82) is 0 Å². The lowest BCUT2D eigenvalue weighted by Gasteiger charge is -2.04. The summed E-state index contributed by atoms with van der Waals surface area (Å²) in [5, 5.41) is 9.08. The summed E-state index contributed by atoms with van der Waals surface area (Å²) in [6, 6.07) is 6.01. The number of aliphatic hydroxyl groups excluding tert-OH is 1. The van der Waals surface area contributed by atoms with Gasteiger partial charge in [0.1, 0.15) is 5.82 Å². The second kappa shape index (κ2) is 4.95. The molecule has 0 saturated carbocycles. The van der Waals surface area contributed by atoms with Crippen LogP contribution in [0.2, 0.25) is 0 Å². The highest BCUT2D eigenvalue weighted by Crippen LogP contribution is 2.30. The third kappa shape index (κ3) is 2.61. The van der Waals surface area contributed by atoms with Crippen molar-refractivity contribution in [2.24, 2.45) is 0 Å². The largest absolute Gasteiger partial charge is 0.392 e. The van der Waals surface area contributed by atoms with E-state index in [1.54, 1.807) is 11.8 Å². The molecule has 1 N–H and O–H groups in total. The average molecular weight is 252 g/mol. The molecular formula is C11H12N2OS2. The van der Waals surface area contributed by atoms with E-state index < -0.39 is 0 Å². The van der Waals surface area contributed by atoms with Crippen LogP contribution in [0.5, 0.6) is 0 Å². The van der Waals surface area contributed by atoms with E-state index >= 15 is 0 Å². The van der Waals surface area contributed by atoms with Gasteiger partial charge >= 0.3 is 0 Å². The number of hydrogen-bond acceptors (Lipinski definition) is 5. The Morgan fingerprint density at radius 2 is 2.19 bits per heavy atom. The zero-order valence-electron chi connectivity index (χ0n) is 9.10. The quantitative estimate of drug-likeness (QED) is 0.912. The molecule has 0 spiro atoms. The molecule has 84 valence electrons. The van der Waals surface area contributed by atoms with Crippen LogP contribution in [-0.2, 0) is 6.61 Å². The second-order valence-corrected chi connectivity index (χ2v) is 5.53. The van der Waals surface area contributed by atoms with Crippen LogP contribution in [0.15, 0.2) is 27.4 Å². The van der Waals surface area contributed by atoms with Gasteiger partial charge in [-0.3, -0.25) is 0 Å². The lowest BCUT2D eigenvalue weighted by atomic mass is 10.1. The Labute approximate surface area is 103 Å². The Balaban J connectivity index is 2.19. The molecule has 0 saturated heterocycles. The van der Waals surface area contributed by atoms with Crippen LogP contribution in [0, 0.1) is 13.8 Å².